The van der Waals surface area contributed by atoms with Crippen molar-refractivity contribution in [1.82, 2.24) is 0 Å². The van der Waals surface area contributed by atoms with Crippen LogP contribution in [0.25, 0.3) is 0 Å². The summed E-state index contributed by atoms with van der Waals surface area (Å²) in [6.07, 6.45) is -15.9. The Kier molecular flexibility index (Phi) is 6.04. The SMILES string of the molecule is CC(C)OC(=O)/C=C\C(=O)OC(C(F)(F)F)C(F)(F)F. The highest BCUT2D eigenvalue weighted by atomic mass is 19.4. The Morgan fingerprint density at radius 3 is 1.50 bits per heavy atom. The molecule has 0 rings (SSSR count). The molecule has 0 spiro atoms. The molecule has 0 saturated carbocycles. The Bertz CT molecular complexity index is 368. The predicted octanol–water partition coefficient (Wildman–Crippen LogP) is 2.53. The first kappa shape index (κ1) is 18.3. The van der Waals surface area contributed by atoms with Crippen molar-refractivity contribution in [3.05, 3.63) is 12.2 Å². The Morgan fingerprint density at radius 1 is 0.850 bits per heavy atom. The largest absolute Gasteiger partial charge is 0.460 e. The van der Waals surface area contributed by atoms with E-state index in [1.54, 1.807) is 0 Å². The topological polar surface area (TPSA) is 52.6 Å². The highest BCUT2D eigenvalue weighted by Crippen LogP contribution is 2.35. The van der Waals surface area contributed by atoms with Crippen LogP contribution < -0.4 is 0 Å². The number of esters is 2. The number of alkyl halides is 6. The lowest BCUT2D eigenvalue weighted by Crippen LogP contribution is -2.45. The summed E-state index contributed by atoms with van der Waals surface area (Å²) in [6, 6.07) is 0. The first-order valence-electron chi connectivity index (χ1n) is 5.06. The lowest BCUT2D eigenvalue weighted by molar-refractivity contribution is -0.312. The van der Waals surface area contributed by atoms with E-state index in [9.17, 15) is 35.9 Å². The number of hydrogen-bond donors (Lipinski definition) is 0. The van der Waals surface area contributed by atoms with Gasteiger partial charge in [0.15, 0.2) is 0 Å². The number of hydrogen-bond acceptors (Lipinski definition) is 4. The molecule has 0 saturated heterocycles. The zero-order valence-corrected chi connectivity index (χ0v) is 10.2. The Labute approximate surface area is 109 Å². The fourth-order valence-corrected chi connectivity index (χ4v) is 0.882. The molecule has 0 aromatic carbocycles. The lowest BCUT2D eigenvalue weighted by atomic mass is 10.3. The second-order valence-electron chi connectivity index (χ2n) is 3.72. The molecule has 0 aliphatic heterocycles. The molecule has 0 aliphatic carbocycles. The summed E-state index contributed by atoms with van der Waals surface area (Å²) in [5, 5.41) is 0. The van der Waals surface area contributed by atoms with Crippen LogP contribution in [0.5, 0.6) is 0 Å². The zero-order valence-electron chi connectivity index (χ0n) is 10.2. The molecule has 0 aromatic heterocycles. The molecule has 0 heterocycles. The van der Waals surface area contributed by atoms with Gasteiger partial charge < -0.3 is 9.47 Å². The van der Waals surface area contributed by atoms with Gasteiger partial charge in [-0.2, -0.15) is 26.3 Å². The van der Waals surface area contributed by atoms with E-state index in [0.717, 1.165) is 0 Å². The molecule has 0 bridgehead atoms. The molecule has 0 N–H and O–H groups in total. The van der Waals surface area contributed by atoms with Crippen LogP contribution in [0.3, 0.4) is 0 Å². The van der Waals surface area contributed by atoms with E-state index in [2.05, 4.69) is 9.47 Å². The van der Waals surface area contributed by atoms with Gasteiger partial charge in [-0.15, -0.1) is 0 Å². The summed E-state index contributed by atoms with van der Waals surface area (Å²) in [5.74, 6) is -3.07. The van der Waals surface area contributed by atoms with E-state index < -0.39 is 36.5 Å². The van der Waals surface area contributed by atoms with Crippen molar-refractivity contribution in [2.75, 3.05) is 0 Å². The van der Waals surface area contributed by atoms with Crippen LogP contribution in [0.15, 0.2) is 12.2 Å². The van der Waals surface area contributed by atoms with Crippen molar-refractivity contribution in [3.8, 4) is 0 Å². The summed E-state index contributed by atoms with van der Waals surface area (Å²) in [6.45, 7) is 2.90. The van der Waals surface area contributed by atoms with Crippen LogP contribution in [0.1, 0.15) is 13.8 Å². The third-order valence-corrected chi connectivity index (χ3v) is 1.54. The van der Waals surface area contributed by atoms with Gasteiger partial charge in [0.2, 0.25) is 0 Å². The first-order chi connectivity index (χ1) is 8.84. The molecule has 0 amide bonds. The van der Waals surface area contributed by atoms with Gasteiger partial charge in [0.1, 0.15) is 0 Å². The summed E-state index contributed by atoms with van der Waals surface area (Å²) < 4.78 is 79.9. The van der Waals surface area contributed by atoms with E-state index in [1.807, 2.05) is 0 Å². The van der Waals surface area contributed by atoms with Gasteiger partial charge in [-0.3, -0.25) is 0 Å². The number of ether oxygens (including phenoxy) is 2. The third kappa shape index (κ3) is 7.00. The van der Waals surface area contributed by atoms with Crippen molar-refractivity contribution in [2.45, 2.75) is 38.4 Å². The van der Waals surface area contributed by atoms with Crippen LogP contribution in [0.4, 0.5) is 26.3 Å². The predicted molar refractivity (Wildman–Crippen MR) is 52.4 cm³/mol. The standard InChI is InChI=1S/C10H10F6O4/c1-5(2)19-6(17)3-4-7(18)20-8(9(11,12)13)10(14,15)16/h3-5,8H,1-2H3/b4-3-. The minimum Gasteiger partial charge on any atom is -0.460 e. The summed E-state index contributed by atoms with van der Waals surface area (Å²) in [7, 11) is 0. The smallest absolute Gasteiger partial charge is 0.434 e. The molecule has 0 fully saturated rings. The van der Waals surface area contributed by atoms with E-state index in [-0.39, 0.29) is 6.08 Å². The van der Waals surface area contributed by atoms with Crippen molar-refractivity contribution < 1.29 is 45.4 Å². The Morgan fingerprint density at radius 2 is 1.20 bits per heavy atom. The maximum atomic E-state index is 12.0. The molecule has 0 unspecified atom stereocenters. The molecule has 4 nitrogen and oxygen atoms in total. The highest BCUT2D eigenvalue weighted by Gasteiger charge is 2.59. The average Bonchev–Trinajstić information content (AvgIpc) is 2.18. The number of carbonyl (C=O) groups is 2. The average molecular weight is 308 g/mol. The fraction of sp³-hybridized carbons (Fsp3) is 0.600. The van der Waals surface area contributed by atoms with E-state index >= 15 is 0 Å². The van der Waals surface area contributed by atoms with Gasteiger partial charge >= 0.3 is 24.3 Å². The van der Waals surface area contributed by atoms with Gasteiger partial charge in [0, 0.05) is 12.2 Å². The molecule has 0 aliphatic rings. The number of halogens is 6. The molecule has 0 aromatic rings. The first-order valence-corrected chi connectivity index (χ1v) is 5.06. The van der Waals surface area contributed by atoms with Gasteiger partial charge in [-0.25, -0.2) is 9.59 Å². The van der Waals surface area contributed by atoms with Gasteiger partial charge in [0.05, 0.1) is 6.10 Å². The van der Waals surface area contributed by atoms with E-state index in [1.165, 1.54) is 13.8 Å². The van der Waals surface area contributed by atoms with Gasteiger partial charge in [0.25, 0.3) is 6.10 Å². The lowest BCUT2D eigenvalue weighted by Gasteiger charge is -2.22. The molecule has 0 atom stereocenters. The van der Waals surface area contributed by atoms with Crippen molar-refractivity contribution >= 4 is 11.9 Å². The second kappa shape index (κ2) is 6.62. The number of carbonyl (C=O) groups excluding carboxylic acids is 2. The Hall–Kier alpha value is -1.74. The molecular weight excluding hydrogens is 298 g/mol. The highest BCUT2D eigenvalue weighted by molar-refractivity contribution is 5.91. The van der Waals surface area contributed by atoms with Crippen LogP contribution in [-0.4, -0.2) is 36.5 Å². The monoisotopic (exact) mass is 308 g/mol. The van der Waals surface area contributed by atoms with Crippen LogP contribution in [0, 0.1) is 0 Å². The van der Waals surface area contributed by atoms with Crippen molar-refractivity contribution in [1.29, 1.82) is 0 Å². The van der Waals surface area contributed by atoms with Crippen molar-refractivity contribution in [3.63, 3.8) is 0 Å². The molecule has 20 heavy (non-hydrogen) atoms. The van der Waals surface area contributed by atoms with Crippen LogP contribution in [-0.2, 0) is 19.1 Å². The summed E-state index contributed by atoms with van der Waals surface area (Å²) in [5.41, 5.74) is 0. The fourth-order valence-electron chi connectivity index (χ4n) is 0.882. The van der Waals surface area contributed by atoms with Gasteiger partial charge in [-0.1, -0.05) is 0 Å². The van der Waals surface area contributed by atoms with Crippen LogP contribution in [0.2, 0.25) is 0 Å². The minimum absolute atomic E-state index is 0.120. The molecule has 0 radical (unpaired) electrons. The Balaban J connectivity index is 4.72. The summed E-state index contributed by atoms with van der Waals surface area (Å²) in [4.78, 5) is 21.7. The molecule has 116 valence electrons. The van der Waals surface area contributed by atoms with E-state index in [4.69, 9.17) is 0 Å². The van der Waals surface area contributed by atoms with Gasteiger partial charge in [-0.05, 0) is 13.8 Å². The molecule has 10 heteroatoms. The quantitative estimate of drug-likeness (QED) is 0.455. The third-order valence-electron chi connectivity index (χ3n) is 1.54. The van der Waals surface area contributed by atoms with Crippen molar-refractivity contribution in [2.24, 2.45) is 0 Å². The second-order valence-corrected chi connectivity index (χ2v) is 3.72. The zero-order chi connectivity index (χ0) is 16.1. The number of rotatable bonds is 4. The maximum Gasteiger partial charge on any atom is 0.434 e. The van der Waals surface area contributed by atoms with Crippen LogP contribution >= 0.6 is 0 Å². The molecular formula is C10H10F6O4. The minimum atomic E-state index is -5.81. The summed E-state index contributed by atoms with van der Waals surface area (Å²) >= 11 is 0. The van der Waals surface area contributed by atoms with E-state index in [0.29, 0.717) is 6.08 Å². The maximum absolute atomic E-state index is 12.0. The normalized spacial score (nSPS) is 13.1.